The molecule has 0 aliphatic heterocycles. The van der Waals surface area contributed by atoms with Crippen LogP contribution in [0.25, 0.3) is 0 Å². The minimum atomic E-state index is -5.59. The lowest BCUT2D eigenvalue weighted by Crippen LogP contribution is -2.40. The number of alkyl halides is 5. The molecule has 0 spiro atoms. The molecule has 7 heteroatoms. The van der Waals surface area contributed by atoms with Gasteiger partial charge in [0.25, 0.3) is 0 Å². The van der Waals surface area contributed by atoms with E-state index in [4.69, 9.17) is 0 Å². The first-order chi connectivity index (χ1) is 9.78. The number of hydrogen-bond donors (Lipinski definition) is 1. The third-order valence-electron chi connectivity index (χ3n) is 2.82. The molecule has 0 fully saturated rings. The van der Waals surface area contributed by atoms with Crippen LogP contribution in [-0.4, -0.2) is 25.3 Å². The smallest absolute Gasteiger partial charge is 0.370 e. The van der Waals surface area contributed by atoms with E-state index in [2.05, 4.69) is 10.1 Å². The fraction of sp³-hybridized carbons (Fsp3) is 0.571. The van der Waals surface area contributed by atoms with Crippen molar-refractivity contribution in [2.75, 3.05) is 13.2 Å². The van der Waals surface area contributed by atoms with Gasteiger partial charge in [-0.2, -0.15) is 22.0 Å². The number of ether oxygens (including phenoxy) is 1. The second-order valence-electron chi connectivity index (χ2n) is 4.64. The molecule has 1 aromatic rings. The zero-order chi connectivity index (χ0) is 15.9. The van der Waals surface area contributed by atoms with Crippen molar-refractivity contribution < 1.29 is 26.7 Å². The number of hydrogen-bond acceptors (Lipinski definition) is 2. The molecule has 120 valence electrons. The maximum Gasteiger partial charge on any atom is 0.455 e. The van der Waals surface area contributed by atoms with E-state index in [0.29, 0.717) is 12.1 Å². The van der Waals surface area contributed by atoms with E-state index < -0.39 is 18.7 Å². The average Bonchev–Trinajstić information content (AvgIpc) is 2.39. The van der Waals surface area contributed by atoms with Crippen LogP contribution in [0.1, 0.15) is 24.5 Å². The Hall–Kier alpha value is -1.21. The Labute approximate surface area is 120 Å². The van der Waals surface area contributed by atoms with Crippen molar-refractivity contribution in [1.82, 2.24) is 5.32 Å². The van der Waals surface area contributed by atoms with Gasteiger partial charge in [0, 0.05) is 6.54 Å². The Kier molecular flexibility index (Phi) is 6.54. The summed E-state index contributed by atoms with van der Waals surface area (Å²) in [5.41, 5.74) is 1.42. The molecule has 1 aromatic carbocycles. The van der Waals surface area contributed by atoms with Crippen LogP contribution in [0.2, 0.25) is 0 Å². The molecule has 0 aromatic heterocycles. The molecule has 21 heavy (non-hydrogen) atoms. The molecule has 0 unspecified atom stereocenters. The van der Waals surface area contributed by atoms with Gasteiger partial charge in [0.2, 0.25) is 0 Å². The second-order valence-corrected chi connectivity index (χ2v) is 4.64. The average molecular weight is 311 g/mol. The maximum absolute atomic E-state index is 12.7. The Morgan fingerprint density at radius 3 is 2.24 bits per heavy atom. The zero-order valence-corrected chi connectivity index (χ0v) is 11.6. The van der Waals surface area contributed by atoms with Crippen LogP contribution in [-0.2, 0) is 17.9 Å². The molecule has 1 rings (SSSR count). The predicted octanol–water partition coefficient (Wildman–Crippen LogP) is 3.90. The molecule has 1 N–H and O–H groups in total. The molecule has 0 amide bonds. The van der Waals surface area contributed by atoms with Gasteiger partial charge in [-0.05, 0) is 24.1 Å². The van der Waals surface area contributed by atoms with Crippen molar-refractivity contribution in [2.45, 2.75) is 38.6 Å². The summed E-state index contributed by atoms with van der Waals surface area (Å²) in [5, 5.41) is 3.14. The van der Waals surface area contributed by atoms with E-state index in [1.54, 1.807) is 24.3 Å². The molecule has 0 aliphatic carbocycles. The summed E-state index contributed by atoms with van der Waals surface area (Å²) in [5.74, 6) is -4.83. The first-order valence-electron chi connectivity index (χ1n) is 6.57. The van der Waals surface area contributed by atoms with E-state index in [1.165, 1.54) is 0 Å². The molecular weight excluding hydrogens is 293 g/mol. The van der Waals surface area contributed by atoms with Gasteiger partial charge >= 0.3 is 12.1 Å². The fourth-order valence-electron chi connectivity index (χ4n) is 1.64. The summed E-state index contributed by atoms with van der Waals surface area (Å²) in [4.78, 5) is 0. The van der Waals surface area contributed by atoms with Gasteiger partial charge in [0.05, 0.1) is 6.61 Å². The zero-order valence-electron chi connectivity index (χ0n) is 11.6. The van der Waals surface area contributed by atoms with E-state index in [-0.39, 0.29) is 6.61 Å². The summed E-state index contributed by atoms with van der Waals surface area (Å²) < 4.78 is 66.0. The van der Waals surface area contributed by atoms with E-state index in [0.717, 1.165) is 18.5 Å². The normalized spacial score (nSPS) is 12.7. The lowest BCUT2D eigenvalue weighted by Gasteiger charge is -2.19. The standard InChI is InChI=1S/C14H18F5NO/c1-2-7-20-8-11-5-3-4-6-12(11)9-21-10-13(15,16)14(17,18)19/h3-6,20H,2,7-10H2,1H3. The fourth-order valence-corrected chi connectivity index (χ4v) is 1.64. The van der Waals surface area contributed by atoms with Crippen molar-refractivity contribution in [3.63, 3.8) is 0 Å². The molecule has 0 bridgehead atoms. The van der Waals surface area contributed by atoms with Crippen LogP contribution in [0.3, 0.4) is 0 Å². The van der Waals surface area contributed by atoms with Gasteiger partial charge in [-0.3, -0.25) is 0 Å². The molecule has 2 nitrogen and oxygen atoms in total. The largest absolute Gasteiger partial charge is 0.455 e. The van der Waals surface area contributed by atoms with Crippen LogP contribution < -0.4 is 5.32 Å². The van der Waals surface area contributed by atoms with Crippen LogP contribution in [0.4, 0.5) is 22.0 Å². The van der Waals surface area contributed by atoms with Crippen molar-refractivity contribution >= 4 is 0 Å². The Morgan fingerprint density at radius 2 is 1.67 bits per heavy atom. The van der Waals surface area contributed by atoms with Gasteiger partial charge in [-0.15, -0.1) is 0 Å². The molecular formula is C14H18F5NO. The first kappa shape index (κ1) is 17.8. The van der Waals surface area contributed by atoms with Gasteiger partial charge in [-0.25, -0.2) is 0 Å². The van der Waals surface area contributed by atoms with E-state index in [9.17, 15) is 22.0 Å². The molecule has 0 atom stereocenters. The van der Waals surface area contributed by atoms with Gasteiger partial charge in [-0.1, -0.05) is 31.2 Å². The summed E-state index contributed by atoms with van der Waals surface area (Å²) >= 11 is 0. The predicted molar refractivity (Wildman–Crippen MR) is 69.1 cm³/mol. The number of halogens is 5. The van der Waals surface area contributed by atoms with Gasteiger partial charge < -0.3 is 10.1 Å². The molecule has 0 saturated carbocycles. The number of nitrogens with one attached hydrogen (secondary N) is 1. The Morgan fingerprint density at radius 1 is 1.05 bits per heavy atom. The highest BCUT2D eigenvalue weighted by molar-refractivity contribution is 5.26. The third kappa shape index (κ3) is 5.59. The Balaban J connectivity index is 2.55. The minimum absolute atomic E-state index is 0.282. The molecule has 0 aliphatic rings. The highest BCUT2D eigenvalue weighted by Crippen LogP contribution is 2.35. The number of rotatable bonds is 8. The van der Waals surface area contributed by atoms with E-state index in [1.807, 2.05) is 6.92 Å². The summed E-state index contributed by atoms with van der Waals surface area (Å²) in [6.07, 6.45) is -4.65. The van der Waals surface area contributed by atoms with Crippen LogP contribution >= 0.6 is 0 Å². The van der Waals surface area contributed by atoms with Gasteiger partial charge in [0.1, 0.15) is 6.61 Å². The maximum atomic E-state index is 12.7. The molecule has 0 radical (unpaired) electrons. The highest BCUT2D eigenvalue weighted by atomic mass is 19.4. The summed E-state index contributed by atoms with van der Waals surface area (Å²) in [7, 11) is 0. The van der Waals surface area contributed by atoms with Crippen molar-refractivity contribution in [2.24, 2.45) is 0 Å². The first-order valence-corrected chi connectivity index (χ1v) is 6.57. The molecule has 0 saturated heterocycles. The van der Waals surface area contributed by atoms with Crippen molar-refractivity contribution in [3.8, 4) is 0 Å². The Bertz CT molecular complexity index is 434. The highest BCUT2D eigenvalue weighted by Gasteiger charge is 2.57. The lowest BCUT2D eigenvalue weighted by molar-refractivity contribution is -0.297. The SMILES string of the molecule is CCCNCc1ccccc1COCC(F)(F)C(F)(F)F. The summed E-state index contributed by atoms with van der Waals surface area (Å²) in [6, 6.07) is 6.89. The molecule has 0 heterocycles. The number of benzene rings is 1. The van der Waals surface area contributed by atoms with Crippen LogP contribution in [0.5, 0.6) is 0 Å². The second kappa shape index (κ2) is 7.70. The van der Waals surface area contributed by atoms with Crippen LogP contribution in [0.15, 0.2) is 24.3 Å². The quantitative estimate of drug-likeness (QED) is 0.581. The topological polar surface area (TPSA) is 21.3 Å². The minimum Gasteiger partial charge on any atom is -0.370 e. The van der Waals surface area contributed by atoms with Crippen molar-refractivity contribution in [1.29, 1.82) is 0 Å². The van der Waals surface area contributed by atoms with Gasteiger partial charge in [0.15, 0.2) is 0 Å². The monoisotopic (exact) mass is 311 g/mol. The van der Waals surface area contributed by atoms with Crippen LogP contribution in [0, 0.1) is 0 Å². The van der Waals surface area contributed by atoms with Crippen molar-refractivity contribution in [3.05, 3.63) is 35.4 Å². The lowest BCUT2D eigenvalue weighted by atomic mass is 10.1. The third-order valence-corrected chi connectivity index (χ3v) is 2.82. The summed E-state index contributed by atoms with van der Waals surface area (Å²) in [6.45, 7) is 1.36. The van der Waals surface area contributed by atoms with E-state index >= 15 is 0 Å².